The van der Waals surface area contributed by atoms with Crippen LogP contribution in [0.15, 0.2) is 42.5 Å². The van der Waals surface area contributed by atoms with E-state index in [1.54, 1.807) is 12.1 Å². The molecule has 1 aliphatic carbocycles. The van der Waals surface area contributed by atoms with Crippen LogP contribution in [-0.2, 0) is 16.6 Å². The molecule has 234 valence electrons. The van der Waals surface area contributed by atoms with Gasteiger partial charge in [0.15, 0.2) is 0 Å². The molecule has 0 saturated carbocycles. The number of rotatable bonds is 12. The van der Waals surface area contributed by atoms with Crippen molar-refractivity contribution >= 4 is 17.1 Å². The van der Waals surface area contributed by atoms with E-state index in [0.717, 1.165) is 67.1 Å². The SMILES string of the molecule is CC(C)C1c2ccc(F)cc2CCC1(CCN(C)CCC(C)(C)c1nc2ccccc2[nH]1)OC(=O)NCCN1CCCC1. The summed E-state index contributed by atoms with van der Waals surface area (Å²) in [6, 6.07) is 13.3. The first-order valence-corrected chi connectivity index (χ1v) is 16.2. The normalized spacial score (nSPS) is 21.1. The Bertz CT molecular complexity index is 1350. The van der Waals surface area contributed by atoms with Crippen molar-refractivity contribution in [2.45, 2.75) is 83.2 Å². The summed E-state index contributed by atoms with van der Waals surface area (Å²) in [5.41, 5.74) is 3.42. The lowest BCUT2D eigenvalue weighted by Crippen LogP contribution is -2.50. The molecular weight excluding hydrogens is 541 g/mol. The Balaban J connectivity index is 1.28. The summed E-state index contributed by atoms with van der Waals surface area (Å²) in [5, 5.41) is 3.05. The van der Waals surface area contributed by atoms with E-state index in [-0.39, 0.29) is 29.2 Å². The second-order valence-corrected chi connectivity index (χ2v) is 13.8. The molecule has 2 aromatic carbocycles. The van der Waals surface area contributed by atoms with Crippen LogP contribution < -0.4 is 5.32 Å². The van der Waals surface area contributed by atoms with Gasteiger partial charge in [-0.15, -0.1) is 0 Å². The number of benzene rings is 2. The van der Waals surface area contributed by atoms with E-state index in [9.17, 15) is 9.18 Å². The average Bonchev–Trinajstić information content (AvgIpc) is 3.65. The van der Waals surface area contributed by atoms with Crippen LogP contribution in [0.4, 0.5) is 9.18 Å². The highest BCUT2D eigenvalue weighted by Gasteiger charge is 2.48. The summed E-state index contributed by atoms with van der Waals surface area (Å²) in [6.07, 6.45) is 5.14. The fraction of sp³-hybridized carbons (Fsp3) is 0.600. The Morgan fingerprint density at radius 2 is 1.98 bits per heavy atom. The largest absolute Gasteiger partial charge is 0.442 e. The zero-order valence-electron chi connectivity index (χ0n) is 26.7. The quantitative estimate of drug-likeness (QED) is 0.247. The molecule has 1 amide bonds. The number of nitrogens with one attached hydrogen (secondary N) is 2. The van der Waals surface area contributed by atoms with Crippen molar-refractivity contribution in [3.63, 3.8) is 0 Å². The standard InChI is InChI=1S/C35H50FN5O2/c1-25(2)31-28-13-12-27(36)24-26(28)14-15-35(31,43-33(42)37-18-23-41-19-8-9-20-41)17-22-40(5)21-16-34(3,4)32-38-29-10-6-7-11-30(29)39-32/h6-7,10-13,24-25,31H,8-9,14-23H2,1-5H3,(H,37,42)(H,38,39). The van der Waals surface area contributed by atoms with Crippen molar-refractivity contribution in [2.24, 2.45) is 5.92 Å². The van der Waals surface area contributed by atoms with Gasteiger partial charge in [0, 0.05) is 37.4 Å². The number of hydrogen-bond donors (Lipinski definition) is 2. The maximum absolute atomic E-state index is 14.2. The summed E-state index contributed by atoms with van der Waals surface area (Å²) < 4.78 is 20.7. The molecule has 1 saturated heterocycles. The van der Waals surface area contributed by atoms with Gasteiger partial charge in [-0.1, -0.05) is 45.9 Å². The number of nitrogens with zero attached hydrogens (tertiary/aromatic N) is 3. The van der Waals surface area contributed by atoms with E-state index in [2.05, 4.69) is 60.9 Å². The van der Waals surface area contributed by atoms with Crippen LogP contribution in [0.1, 0.15) is 82.7 Å². The molecule has 2 atom stereocenters. The zero-order chi connectivity index (χ0) is 30.6. The van der Waals surface area contributed by atoms with Gasteiger partial charge >= 0.3 is 6.09 Å². The number of carbonyl (C=O) groups excluding carboxylic acids is 1. The molecule has 1 aliphatic heterocycles. The van der Waals surface area contributed by atoms with Gasteiger partial charge in [0.1, 0.15) is 17.2 Å². The van der Waals surface area contributed by atoms with Crippen LogP contribution in [0.3, 0.4) is 0 Å². The molecule has 3 aromatic rings. The maximum atomic E-state index is 14.2. The molecular formula is C35H50FN5O2. The molecule has 1 aromatic heterocycles. The Kier molecular flexibility index (Phi) is 9.76. The van der Waals surface area contributed by atoms with Crippen molar-refractivity contribution in [2.75, 3.05) is 46.3 Å². The third-order valence-electron chi connectivity index (χ3n) is 9.75. The number of aryl methyl sites for hydroxylation is 1. The second kappa shape index (κ2) is 13.3. The van der Waals surface area contributed by atoms with Crippen LogP contribution >= 0.6 is 0 Å². The van der Waals surface area contributed by atoms with Gasteiger partial charge in [0.2, 0.25) is 0 Å². The fourth-order valence-corrected chi connectivity index (χ4v) is 7.19. The Labute approximate surface area is 256 Å². The molecule has 5 rings (SSSR count). The molecule has 2 unspecified atom stereocenters. The predicted molar refractivity (Wildman–Crippen MR) is 171 cm³/mol. The van der Waals surface area contributed by atoms with Crippen LogP contribution in [0.2, 0.25) is 0 Å². The third kappa shape index (κ3) is 7.40. The van der Waals surface area contributed by atoms with Crippen LogP contribution in [-0.4, -0.2) is 77.8 Å². The average molecular weight is 592 g/mol. The van der Waals surface area contributed by atoms with E-state index < -0.39 is 5.60 Å². The van der Waals surface area contributed by atoms with E-state index in [1.165, 1.54) is 12.8 Å². The van der Waals surface area contributed by atoms with Gasteiger partial charge in [0.05, 0.1) is 11.0 Å². The number of para-hydroxylation sites is 2. The van der Waals surface area contributed by atoms with Crippen molar-refractivity contribution in [1.82, 2.24) is 25.1 Å². The molecule has 0 bridgehead atoms. The molecule has 0 spiro atoms. The first-order valence-electron chi connectivity index (χ1n) is 16.2. The highest BCUT2D eigenvalue weighted by Crippen LogP contribution is 2.48. The lowest BCUT2D eigenvalue weighted by Gasteiger charge is -2.47. The molecule has 2 aliphatic rings. The second-order valence-electron chi connectivity index (χ2n) is 13.8. The molecule has 43 heavy (non-hydrogen) atoms. The van der Waals surface area contributed by atoms with Gasteiger partial charge in [-0.3, -0.25) is 0 Å². The monoisotopic (exact) mass is 591 g/mol. The molecule has 7 nitrogen and oxygen atoms in total. The number of fused-ring (bicyclic) bond motifs is 2. The number of aromatic amines is 1. The first kappa shape index (κ1) is 31.5. The van der Waals surface area contributed by atoms with Gasteiger partial charge < -0.3 is 24.8 Å². The fourth-order valence-electron chi connectivity index (χ4n) is 7.19. The van der Waals surface area contributed by atoms with Crippen molar-refractivity contribution in [1.29, 1.82) is 0 Å². The Morgan fingerprint density at radius 1 is 1.21 bits per heavy atom. The molecule has 0 radical (unpaired) electrons. The number of amides is 1. The smallest absolute Gasteiger partial charge is 0.407 e. The van der Waals surface area contributed by atoms with Gasteiger partial charge in [0.25, 0.3) is 0 Å². The summed E-state index contributed by atoms with van der Waals surface area (Å²) in [6.45, 7) is 14.2. The molecule has 2 heterocycles. The van der Waals surface area contributed by atoms with Crippen LogP contribution in [0.25, 0.3) is 11.0 Å². The lowest BCUT2D eigenvalue weighted by atomic mass is 9.65. The number of aromatic nitrogens is 2. The highest BCUT2D eigenvalue weighted by atomic mass is 19.1. The summed E-state index contributed by atoms with van der Waals surface area (Å²) in [7, 11) is 2.15. The first-order chi connectivity index (χ1) is 20.6. The number of halogens is 1. The summed E-state index contributed by atoms with van der Waals surface area (Å²) in [4.78, 5) is 26.4. The molecule has 8 heteroatoms. The minimum atomic E-state index is -0.667. The van der Waals surface area contributed by atoms with Crippen LogP contribution in [0.5, 0.6) is 0 Å². The van der Waals surface area contributed by atoms with E-state index in [4.69, 9.17) is 9.72 Å². The topological polar surface area (TPSA) is 73.5 Å². The van der Waals surface area contributed by atoms with Crippen molar-refractivity contribution in [3.8, 4) is 0 Å². The number of hydrogen-bond acceptors (Lipinski definition) is 5. The zero-order valence-corrected chi connectivity index (χ0v) is 26.7. The van der Waals surface area contributed by atoms with Gasteiger partial charge in [-0.05, 0) is 100 Å². The third-order valence-corrected chi connectivity index (χ3v) is 9.75. The number of carbonyl (C=O) groups is 1. The minimum absolute atomic E-state index is 0.0124. The number of H-pyrrole nitrogens is 1. The Hall–Kier alpha value is -2.97. The van der Waals surface area contributed by atoms with E-state index in [1.807, 2.05) is 24.3 Å². The van der Waals surface area contributed by atoms with E-state index in [0.29, 0.717) is 25.8 Å². The molecule has 1 fully saturated rings. The highest BCUT2D eigenvalue weighted by molar-refractivity contribution is 5.75. The van der Waals surface area contributed by atoms with Crippen LogP contribution in [0, 0.1) is 11.7 Å². The Morgan fingerprint density at radius 3 is 2.72 bits per heavy atom. The number of imidazole rings is 1. The molecule has 2 N–H and O–H groups in total. The van der Waals surface area contributed by atoms with Gasteiger partial charge in [-0.2, -0.15) is 0 Å². The van der Waals surface area contributed by atoms with E-state index >= 15 is 0 Å². The van der Waals surface area contributed by atoms with Crippen molar-refractivity contribution in [3.05, 3.63) is 65.2 Å². The minimum Gasteiger partial charge on any atom is -0.442 e. The number of ether oxygens (including phenoxy) is 1. The van der Waals surface area contributed by atoms with Crippen molar-refractivity contribution < 1.29 is 13.9 Å². The lowest BCUT2D eigenvalue weighted by molar-refractivity contribution is -0.0444. The number of alkyl carbamates (subject to hydrolysis) is 1. The predicted octanol–water partition coefficient (Wildman–Crippen LogP) is 6.64. The number of likely N-dealkylation sites (tertiary alicyclic amines) is 1. The van der Waals surface area contributed by atoms with Gasteiger partial charge in [-0.25, -0.2) is 14.2 Å². The maximum Gasteiger partial charge on any atom is 0.407 e. The summed E-state index contributed by atoms with van der Waals surface area (Å²) >= 11 is 0. The summed E-state index contributed by atoms with van der Waals surface area (Å²) in [5.74, 6) is 1.01.